The van der Waals surface area contributed by atoms with E-state index in [1.807, 2.05) is 35.7 Å². The van der Waals surface area contributed by atoms with Crippen LogP contribution in [0.25, 0.3) is 0 Å². The Morgan fingerprint density at radius 3 is 3.00 bits per heavy atom. The molecule has 0 fully saturated rings. The van der Waals surface area contributed by atoms with E-state index < -0.39 is 0 Å². The van der Waals surface area contributed by atoms with Crippen LogP contribution in [-0.2, 0) is 6.42 Å². The van der Waals surface area contributed by atoms with Gasteiger partial charge in [0.1, 0.15) is 11.9 Å². The summed E-state index contributed by atoms with van der Waals surface area (Å²) in [6, 6.07) is 11.7. The van der Waals surface area contributed by atoms with E-state index in [0.717, 1.165) is 17.0 Å². The number of nitrogens with one attached hydrogen (secondary N) is 1. The molecule has 1 aromatic carbocycles. The maximum Gasteiger partial charge on any atom is 0.261 e. The minimum Gasteiger partial charge on any atom is -0.488 e. The maximum atomic E-state index is 11.8. The Kier molecular flexibility index (Phi) is 3.02. The lowest BCUT2D eigenvalue weighted by atomic mass is 10.1. The third-order valence-corrected chi connectivity index (χ3v) is 3.82. The van der Waals surface area contributed by atoms with Crippen LogP contribution in [0.2, 0.25) is 0 Å². The fourth-order valence-corrected chi connectivity index (χ4v) is 2.71. The first kappa shape index (κ1) is 11.3. The predicted molar refractivity (Wildman–Crippen MR) is 71.2 cm³/mol. The van der Waals surface area contributed by atoms with Crippen molar-refractivity contribution in [3.05, 3.63) is 52.2 Å². The van der Waals surface area contributed by atoms with Crippen LogP contribution >= 0.6 is 11.3 Å². The first-order chi connectivity index (χ1) is 8.83. The number of ether oxygens (including phenoxy) is 1. The number of carbonyl (C=O) groups excluding carboxylic acids is 1. The van der Waals surface area contributed by atoms with Crippen LogP contribution in [0.4, 0.5) is 0 Å². The molecule has 1 N–H and O–H groups in total. The first-order valence-corrected chi connectivity index (χ1v) is 6.77. The Hall–Kier alpha value is -1.81. The largest absolute Gasteiger partial charge is 0.488 e. The summed E-state index contributed by atoms with van der Waals surface area (Å²) in [5.41, 5.74) is 1.22. The second-order valence-corrected chi connectivity index (χ2v) is 5.19. The van der Waals surface area contributed by atoms with Gasteiger partial charge in [-0.15, -0.1) is 11.3 Å². The highest BCUT2D eigenvalue weighted by molar-refractivity contribution is 7.12. The van der Waals surface area contributed by atoms with Gasteiger partial charge in [-0.2, -0.15) is 0 Å². The van der Waals surface area contributed by atoms with Crippen LogP contribution in [0, 0.1) is 0 Å². The third kappa shape index (κ3) is 2.24. The van der Waals surface area contributed by atoms with E-state index in [1.54, 1.807) is 0 Å². The number of hydrogen-bond donors (Lipinski definition) is 1. The van der Waals surface area contributed by atoms with Crippen LogP contribution in [0.1, 0.15) is 15.2 Å². The zero-order valence-electron chi connectivity index (χ0n) is 9.76. The fraction of sp³-hybridized carbons (Fsp3) is 0.214. The highest BCUT2D eigenvalue weighted by atomic mass is 32.1. The van der Waals surface area contributed by atoms with Gasteiger partial charge in [0.15, 0.2) is 0 Å². The van der Waals surface area contributed by atoms with Crippen molar-refractivity contribution in [2.45, 2.75) is 12.5 Å². The van der Waals surface area contributed by atoms with E-state index in [-0.39, 0.29) is 12.0 Å². The lowest BCUT2D eigenvalue weighted by Crippen LogP contribution is -2.34. The Labute approximate surface area is 109 Å². The topological polar surface area (TPSA) is 38.3 Å². The summed E-state index contributed by atoms with van der Waals surface area (Å²) in [6.45, 7) is 0.547. The predicted octanol–water partition coefficient (Wildman–Crippen LogP) is 2.48. The van der Waals surface area contributed by atoms with Crippen molar-refractivity contribution in [3.8, 4) is 5.75 Å². The average molecular weight is 259 g/mol. The number of carbonyl (C=O) groups is 1. The maximum absolute atomic E-state index is 11.8. The van der Waals surface area contributed by atoms with Crippen molar-refractivity contribution in [2.24, 2.45) is 0 Å². The molecule has 1 atom stereocenters. The van der Waals surface area contributed by atoms with E-state index in [9.17, 15) is 4.79 Å². The van der Waals surface area contributed by atoms with Gasteiger partial charge in [-0.1, -0.05) is 24.3 Å². The lowest BCUT2D eigenvalue weighted by molar-refractivity contribution is 0.0937. The smallest absolute Gasteiger partial charge is 0.261 e. The molecule has 1 aromatic heterocycles. The summed E-state index contributed by atoms with van der Waals surface area (Å²) in [4.78, 5) is 12.5. The van der Waals surface area contributed by atoms with E-state index >= 15 is 0 Å². The van der Waals surface area contributed by atoms with E-state index in [1.165, 1.54) is 16.9 Å². The summed E-state index contributed by atoms with van der Waals surface area (Å²) in [7, 11) is 0. The van der Waals surface area contributed by atoms with Crippen molar-refractivity contribution in [3.63, 3.8) is 0 Å². The molecule has 0 unspecified atom stereocenters. The van der Waals surface area contributed by atoms with Gasteiger partial charge in [0.05, 0.1) is 11.4 Å². The molecule has 92 valence electrons. The highest BCUT2D eigenvalue weighted by Crippen LogP contribution is 2.27. The van der Waals surface area contributed by atoms with Gasteiger partial charge in [0.25, 0.3) is 5.91 Å². The molecule has 18 heavy (non-hydrogen) atoms. The van der Waals surface area contributed by atoms with Crippen LogP contribution in [-0.4, -0.2) is 18.6 Å². The molecule has 1 aliphatic rings. The molecule has 2 aromatic rings. The second kappa shape index (κ2) is 4.82. The normalized spacial score (nSPS) is 17.0. The van der Waals surface area contributed by atoms with Gasteiger partial charge in [-0.05, 0) is 23.1 Å². The van der Waals surface area contributed by atoms with Gasteiger partial charge in [-0.3, -0.25) is 4.79 Å². The Morgan fingerprint density at radius 1 is 1.33 bits per heavy atom. The van der Waals surface area contributed by atoms with Gasteiger partial charge in [0.2, 0.25) is 0 Å². The molecular formula is C14H13NO2S. The molecule has 0 saturated carbocycles. The molecule has 0 aliphatic carbocycles. The van der Waals surface area contributed by atoms with Crippen LogP contribution in [0.3, 0.4) is 0 Å². The summed E-state index contributed by atoms with van der Waals surface area (Å²) in [5, 5.41) is 4.81. The molecule has 4 heteroatoms. The van der Waals surface area contributed by atoms with Gasteiger partial charge < -0.3 is 10.1 Å². The van der Waals surface area contributed by atoms with Crippen molar-refractivity contribution in [1.29, 1.82) is 0 Å². The van der Waals surface area contributed by atoms with Gasteiger partial charge in [-0.25, -0.2) is 0 Å². The molecule has 2 heterocycles. The first-order valence-electron chi connectivity index (χ1n) is 5.89. The van der Waals surface area contributed by atoms with Crippen molar-refractivity contribution >= 4 is 17.2 Å². The monoisotopic (exact) mass is 259 g/mol. The number of amides is 1. The van der Waals surface area contributed by atoms with Crippen molar-refractivity contribution < 1.29 is 9.53 Å². The number of hydrogen-bond acceptors (Lipinski definition) is 3. The minimum atomic E-state index is -0.0236. The minimum absolute atomic E-state index is 0.0236. The SMILES string of the molecule is O=C(NC[C@@H]1Cc2ccccc2O1)c1cccs1. The second-order valence-electron chi connectivity index (χ2n) is 4.24. The molecule has 1 amide bonds. The van der Waals surface area contributed by atoms with Crippen LogP contribution < -0.4 is 10.1 Å². The summed E-state index contributed by atoms with van der Waals surface area (Å²) in [5.74, 6) is 0.914. The molecule has 1 aliphatic heterocycles. The number of fused-ring (bicyclic) bond motifs is 1. The standard InChI is InChI=1S/C14H13NO2S/c16-14(13-6-3-7-18-13)15-9-11-8-10-4-1-2-5-12(10)17-11/h1-7,11H,8-9H2,(H,15,16)/t11-/m0/s1. The van der Waals surface area contributed by atoms with Gasteiger partial charge >= 0.3 is 0 Å². The summed E-state index contributed by atoms with van der Waals surface area (Å²) < 4.78 is 5.76. The van der Waals surface area contributed by atoms with E-state index in [4.69, 9.17) is 4.74 Å². The molecule has 0 bridgehead atoms. The number of thiophene rings is 1. The Balaban J connectivity index is 1.56. The molecule has 3 rings (SSSR count). The van der Waals surface area contributed by atoms with Crippen molar-refractivity contribution in [2.75, 3.05) is 6.54 Å². The highest BCUT2D eigenvalue weighted by Gasteiger charge is 2.22. The quantitative estimate of drug-likeness (QED) is 0.919. The number of para-hydroxylation sites is 1. The summed E-state index contributed by atoms with van der Waals surface area (Å²) in [6.07, 6.45) is 0.910. The molecule has 3 nitrogen and oxygen atoms in total. The zero-order chi connectivity index (χ0) is 12.4. The van der Waals surface area contributed by atoms with Crippen LogP contribution in [0.15, 0.2) is 41.8 Å². The van der Waals surface area contributed by atoms with E-state index in [0.29, 0.717) is 6.54 Å². The number of benzene rings is 1. The average Bonchev–Trinajstić information content (AvgIpc) is 3.04. The van der Waals surface area contributed by atoms with Crippen molar-refractivity contribution in [1.82, 2.24) is 5.32 Å². The molecule has 0 saturated heterocycles. The number of rotatable bonds is 3. The summed E-state index contributed by atoms with van der Waals surface area (Å²) >= 11 is 1.45. The lowest BCUT2D eigenvalue weighted by Gasteiger charge is -2.11. The molecule has 0 spiro atoms. The Bertz CT molecular complexity index is 526. The Morgan fingerprint density at radius 2 is 2.22 bits per heavy atom. The van der Waals surface area contributed by atoms with E-state index in [2.05, 4.69) is 11.4 Å². The third-order valence-electron chi connectivity index (χ3n) is 2.95. The zero-order valence-corrected chi connectivity index (χ0v) is 10.6. The molecule has 0 radical (unpaired) electrons. The fourth-order valence-electron chi connectivity index (χ4n) is 2.07. The molecular weight excluding hydrogens is 246 g/mol. The van der Waals surface area contributed by atoms with Crippen LogP contribution in [0.5, 0.6) is 5.75 Å². The van der Waals surface area contributed by atoms with Gasteiger partial charge in [0, 0.05) is 6.42 Å².